The summed E-state index contributed by atoms with van der Waals surface area (Å²) in [5.41, 5.74) is 0. The van der Waals surface area contributed by atoms with Crippen molar-refractivity contribution in [2.45, 2.75) is 37.9 Å². The quantitative estimate of drug-likeness (QED) is 0.853. The maximum Gasteiger partial charge on any atom is 0.168 e. The minimum atomic E-state index is 0.722. The highest BCUT2D eigenvalue weighted by atomic mass is 32.2. The molecule has 1 aliphatic rings. The number of nitrogens with one attached hydrogen (secondary N) is 1. The van der Waals surface area contributed by atoms with Crippen molar-refractivity contribution in [3.05, 3.63) is 18.3 Å². The summed E-state index contributed by atoms with van der Waals surface area (Å²) in [6.07, 6.45) is 6.88. The number of thioether (sulfide) groups is 1. The Labute approximate surface area is 114 Å². The van der Waals surface area contributed by atoms with E-state index < -0.39 is 0 Å². The number of hydrogen-bond donors (Lipinski definition) is 1. The molecule has 0 bridgehead atoms. The van der Waals surface area contributed by atoms with Gasteiger partial charge in [0.05, 0.1) is 6.61 Å². The van der Waals surface area contributed by atoms with Gasteiger partial charge < -0.3 is 10.1 Å². The Hall–Kier alpha value is -0.900. The Morgan fingerprint density at radius 1 is 1.50 bits per heavy atom. The first-order valence-electron chi connectivity index (χ1n) is 6.83. The van der Waals surface area contributed by atoms with E-state index in [1.54, 1.807) is 0 Å². The van der Waals surface area contributed by atoms with Gasteiger partial charge >= 0.3 is 0 Å². The van der Waals surface area contributed by atoms with E-state index in [9.17, 15) is 0 Å². The van der Waals surface area contributed by atoms with Crippen LogP contribution in [0.4, 0.5) is 5.82 Å². The summed E-state index contributed by atoms with van der Waals surface area (Å²) in [6.45, 7) is 3.85. The fourth-order valence-electron chi connectivity index (χ4n) is 2.03. The van der Waals surface area contributed by atoms with Crippen LogP contribution >= 0.6 is 11.8 Å². The van der Waals surface area contributed by atoms with E-state index >= 15 is 0 Å². The van der Waals surface area contributed by atoms with Crippen LogP contribution in [0, 0.1) is 0 Å². The number of aromatic nitrogens is 1. The third-order valence-corrected chi connectivity index (χ3v) is 4.40. The van der Waals surface area contributed by atoms with Crippen molar-refractivity contribution in [3.63, 3.8) is 0 Å². The molecule has 1 fully saturated rings. The smallest absolute Gasteiger partial charge is 0.168 e. The number of hydrogen-bond acceptors (Lipinski definition) is 4. The van der Waals surface area contributed by atoms with Crippen LogP contribution in [0.1, 0.15) is 32.6 Å². The van der Waals surface area contributed by atoms with Crippen LogP contribution < -0.4 is 10.1 Å². The molecule has 0 saturated carbocycles. The van der Waals surface area contributed by atoms with Gasteiger partial charge in [-0.2, -0.15) is 11.8 Å². The molecule has 0 spiro atoms. The van der Waals surface area contributed by atoms with Crippen LogP contribution in [0.25, 0.3) is 0 Å². The molecule has 4 heteroatoms. The topological polar surface area (TPSA) is 34.1 Å². The van der Waals surface area contributed by atoms with Crippen molar-refractivity contribution >= 4 is 17.6 Å². The highest BCUT2D eigenvalue weighted by molar-refractivity contribution is 7.99. The van der Waals surface area contributed by atoms with Gasteiger partial charge in [-0.3, -0.25) is 0 Å². The van der Waals surface area contributed by atoms with Gasteiger partial charge in [0.25, 0.3) is 0 Å². The molecular formula is C14H22N2OS. The summed E-state index contributed by atoms with van der Waals surface area (Å²) in [5, 5.41) is 4.16. The van der Waals surface area contributed by atoms with Gasteiger partial charge in [-0.25, -0.2) is 4.98 Å². The second-order valence-corrected chi connectivity index (χ2v) is 5.98. The van der Waals surface area contributed by atoms with Gasteiger partial charge in [-0.1, -0.05) is 13.3 Å². The summed E-state index contributed by atoms with van der Waals surface area (Å²) in [6, 6.07) is 3.91. The van der Waals surface area contributed by atoms with Crippen molar-refractivity contribution < 1.29 is 4.74 Å². The molecular weight excluding hydrogens is 244 g/mol. The lowest BCUT2D eigenvalue weighted by Gasteiger charge is -2.22. The van der Waals surface area contributed by atoms with Crippen LogP contribution in [-0.4, -0.2) is 29.1 Å². The lowest BCUT2D eigenvalue weighted by molar-refractivity contribution is 0.318. The number of rotatable bonds is 6. The van der Waals surface area contributed by atoms with Gasteiger partial charge in [0.2, 0.25) is 0 Å². The number of pyridine rings is 1. The highest BCUT2D eigenvalue weighted by Crippen LogP contribution is 2.27. The molecule has 1 N–H and O–H groups in total. The molecule has 1 aromatic heterocycles. The summed E-state index contributed by atoms with van der Waals surface area (Å²) < 4.78 is 5.69. The molecule has 1 aliphatic heterocycles. The standard InChI is InChI=1S/C14H22N2OS/c1-2-9-17-13-7-5-8-15-14(13)16-11-12-6-3-4-10-18-12/h5,7-8,12H,2-4,6,9-11H2,1H3,(H,15,16). The maximum absolute atomic E-state index is 5.69. The molecule has 1 unspecified atom stereocenters. The molecule has 0 amide bonds. The normalized spacial score (nSPS) is 19.5. The third-order valence-electron chi connectivity index (χ3n) is 3.00. The zero-order valence-corrected chi connectivity index (χ0v) is 11.8. The van der Waals surface area contributed by atoms with Gasteiger partial charge in [0.15, 0.2) is 11.6 Å². The molecule has 0 aliphatic carbocycles. The van der Waals surface area contributed by atoms with E-state index in [0.717, 1.165) is 36.4 Å². The third kappa shape index (κ3) is 4.09. The van der Waals surface area contributed by atoms with Crippen LogP contribution in [-0.2, 0) is 0 Å². The van der Waals surface area contributed by atoms with Crippen molar-refractivity contribution in [2.24, 2.45) is 0 Å². The van der Waals surface area contributed by atoms with E-state index in [4.69, 9.17) is 4.74 Å². The second kappa shape index (κ2) is 7.52. The van der Waals surface area contributed by atoms with E-state index in [-0.39, 0.29) is 0 Å². The molecule has 2 rings (SSSR count). The van der Waals surface area contributed by atoms with Crippen molar-refractivity contribution in [3.8, 4) is 5.75 Å². The Morgan fingerprint density at radius 3 is 3.22 bits per heavy atom. The van der Waals surface area contributed by atoms with Crippen LogP contribution in [0.15, 0.2) is 18.3 Å². The second-order valence-electron chi connectivity index (χ2n) is 4.57. The van der Waals surface area contributed by atoms with E-state index in [0.29, 0.717) is 0 Å². The van der Waals surface area contributed by atoms with Gasteiger partial charge in [0.1, 0.15) is 0 Å². The number of anilines is 1. The van der Waals surface area contributed by atoms with E-state index in [1.165, 1.54) is 25.0 Å². The van der Waals surface area contributed by atoms with Gasteiger partial charge in [-0.05, 0) is 37.1 Å². The lowest BCUT2D eigenvalue weighted by Crippen LogP contribution is -2.20. The summed E-state index contributed by atoms with van der Waals surface area (Å²) >= 11 is 2.08. The summed E-state index contributed by atoms with van der Waals surface area (Å²) in [7, 11) is 0. The fraction of sp³-hybridized carbons (Fsp3) is 0.643. The molecule has 2 heterocycles. The minimum Gasteiger partial charge on any atom is -0.490 e. The molecule has 18 heavy (non-hydrogen) atoms. The molecule has 1 atom stereocenters. The molecule has 0 radical (unpaired) electrons. The Bertz CT molecular complexity index is 353. The maximum atomic E-state index is 5.69. The molecule has 0 aromatic carbocycles. The predicted molar refractivity (Wildman–Crippen MR) is 78.6 cm³/mol. The highest BCUT2D eigenvalue weighted by Gasteiger charge is 2.14. The van der Waals surface area contributed by atoms with Crippen LogP contribution in [0.3, 0.4) is 0 Å². The average molecular weight is 266 g/mol. The predicted octanol–water partition coefficient (Wildman–Crippen LogP) is 3.57. The monoisotopic (exact) mass is 266 g/mol. The summed E-state index contributed by atoms with van der Waals surface area (Å²) in [4.78, 5) is 4.37. The zero-order valence-electron chi connectivity index (χ0n) is 11.0. The van der Waals surface area contributed by atoms with Crippen LogP contribution in [0.5, 0.6) is 5.75 Å². The molecule has 3 nitrogen and oxygen atoms in total. The van der Waals surface area contributed by atoms with Crippen molar-refractivity contribution in [2.75, 3.05) is 24.2 Å². The first kappa shape index (κ1) is 13.5. The lowest BCUT2D eigenvalue weighted by atomic mass is 10.2. The van der Waals surface area contributed by atoms with E-state index in [2.05, 4.69) is 29.0 Å². The first-order chi connectivity index (χ1) is 8.90. The van der Waals surface area contributed by atoms with Gasteiger partial charge in [-0.15, -0.1) is 0 Å². The van der Waals surface area contributed by atoms with E-state index in [1.807, 2.05) is 18.3 Å². The largest absolute Gasteiger partial charge is 0.490 e. The van der Waals surface area contributed by atoms with Crippen LogP contribution in [0.2, 0.25) is 0 Å². The Balaban J connectivity index is 1.87. The minimum absolute atomic E-state index is 0.722. The summed E-state index contributed by atoms with van der Waals surface area (Å²) in [5.74, 6) is 3.06. The van der Waals surface area contributed by atoms with Crippen molar-refractivity contribution in [1.82, 2.24) is 4.98 Å². The van der Waals surface area contributed by atoms with Gasteiger partial charge in [0, 0.05) is 18.0 Å². The number of ether oxygens (including phenoxy) is 1. The molecule has 100 valence electrons. The number of nitrogens with zero attached hydrogens (tertiary/aromatic N) is 1. The Kier molecular flexibility index (Phi) is 5.65. The average Bonchev–Trinajstić information content (AvgIpc) is 2.45. The molecule has 1 aromatic rings. The molecule has 1 saturated heterocycles. The SMILES string of the molecule is CCCOc1cccnc1NCC1CCCCS1. The zero-order chi connectivity index (χ0) is 12.6. The first-order valence-corrected chi connectivity index (χ1v) is 7.88. The fourth-order valence-corrected chi connectivity index (χ4v) is 3.27. The Morgan fingerprint density at radius 2 is 2.44 bits per heavy atom. The van der Waals surface area contributed by atoms with Crippen molar-refractivity contribution in [1.29, 1.82) is 0 Å².